The first kappa shape index (κ1) is 20.0. The first-order valence-corrected chi connectivity index (χ1v) is 10.8. The summed E-state index contributed by atoms with van der Waals surface area (Å²) in [4.78, 5) is 2.56. The highest BCUT2D eigenvalue weighted by atomic mass is 32.2. The van der Waals surface area contributed by atoms with Gasteiger partial charge in [0.15, 0.2) is 0 Å². The van der Waals surface area contributed by atoms with Crippen LogP contribution in [0.5, 0.6) is 0 Å². The predicted octanol–water partition coefficient (Wildman–Crippen LogP) is 2.96. The molecule has 1 aliphatic heterocycles. The molecule has 27 heavy (non-hydrogen) atoms. The Morgan fingerprint density at radius 1 is 1.00 bits per heavy atom. The molecule has 1 saturated heterocycles. The standard InChI is InChI=1S/C21H28N2O3S/c1-16-4-7-19(8-5-16)21(15-23-10-12-26-13-11-23)22-27(24,25)20-9-6-17(2)18(3)14-20/h4-9,14,21-22H,10-13,15H2,1-3H3/t21-/m0/s1. The second-order valence-corrected chi connectivity index (χ2v) is 8.96. The van der Waals surface area contributed by atoms with E-state index in [-0.39, 0.29) is 6.04 Å². The molecule has 6 heteroatoms. The van der Waals surface area contributed by atoms with E-state index in [1.807, 2.05) is 51.1 Å². The summed E-state index contributed by atoms with van der Waals surface area (Å²) in [5.41, 5.74) is 4.18. The second kappa shape index (κ2) is 8.52. The van der Waals surface area contributed by atoms with Gasteiger partial charge < -0.3 is 4.74 Å². The van der Waals surface area contributed by atoms with E-state index < -0.39 is 10.0 Å². The van der Waals surface area contributed by atoms with Gasteiger partial charge in [-0.25, -0.2) is 13.1 Å². The van der Waals surface area contributed by atoms with Crippen LogP contribution in [0, 0.1) is 20.8 Å². The molecule has 5 nitrogen and oxygen atoms in total. The second-order valence-electron chi connectivity index (χ2n) is 7.24. The maximum Gasteiger partial charge on any atom is 0.241 e. The zero-order valence-corrected chi connectivity index (χ0v) is 17.1. The molecule has 1 fully saturated rings. The van der Waals surface area contributed by atoms with Gasteiger partial charge in [0.25, 0.3) is 0 Å². The van der Waals surface area contributed by atoms with Crippen molar-refractivity contribution in [2.24, 2.45) is 0 Å². The van der Waals surface area contributed by atoms with Gasteiger partial charge in [-0.2, -0.15) is 0 Å². The molecule has 0 unspecified atom stereocenters. The molecule has 0 aromatic heterocycles. The lowest BCUT2D eigenvalue weighted by molar-refractivity contribution is 0.0345. The molecule has 3 rings (SSSR count). The van der Waals surface area contributed by atoms with Crippen LogP contribution in [0.15, 0.2) is 47.4 Å². The van der Waals surface area contributed by atoms with Crippen molar-refractivity contribution in [1.29, 1.82) is 0 Å². The lowest BCUT2D eigenvalue weighted by atomic mass is 10.1. The minimum absolute atomic E-state index is 0.310. The van der Waals surface area contributed by atoms with Crippen LogP contribution in [0.4, 0.5) is 0 Å². The average Bonchev–Trinajstić information content (AvgIpc) is 2.64. The van der Waals surface area contributed by atoms with Gasteiger partial charge >= 0.3 is 0 Å². The number of nitrogens with one attached hydrogen (secondary N) is 1. The quantitative estimate of drug-likeness (QED) is 0.827. The summed E-state index contributed by atoms with van der Waals surface area (Å²) in [6.07, 6.45) is 0. The maximum atomic E-state index is 13.0. The van der Waals surface area contributed by atoms with Crippen molar-refractivity contribution in [2.45, 2.75) is 31.7 Å². The number of rotatable bonds is 6. The molecule has 0 aliphatic carbocycles. The van der Waals surface area contributed by atoms with Crippen molar-refractivity contribution in [1.82, 2.24) is 9.62 Å². The topological polar surface area (TPSA) is 58.6 Å². The lowest BCUT2D eigenvalue weighted by Crippen LogP contribution is -2.43. The smallest absolute Gasteiger partial charge is 0.241 e. The molecular weight excluding hydrogens is 360 g/mol. The number of ether oxygens (including phenoxy) is 1. The van der Waals surface area contributed by atoms with Crippen LogP contribution in [0.2, 0.25) is 0 Å². The van der Waals surface area contributed by atoms with Gasteiger partial charge in [-0.15, -0.1) is 0 Å². The Bertz CT molecular complexity index is 873. The molecule has 146 valence electrons. The molecule has 0 saturated carbocycles. The van der Waals surface area contributed by atoms with Gasteiger partial charge in [0.2, 0.25) is 10.0 Å². The normalized spacial score (nSPS) is 17.0. The largest absolute Gasteiger partial charge is 0.379 e. The van der Waals surface area contributed by atoms with Crippen molar-refractivity contribution < 1.29 is 13.2 Å². The van der Waals surface area contributed by atoms with Gasteiger partial charge in [-0.1, -0.05) is 35.9 Å². The Morgan fingerprint density at radius 2 is 1.67 bits per heavy atom. The van der Waals surface area contributed by atoms with Crippen LogP contribution in [0.25, 0.3) is 0 Å². The molecule has 1 aliphatic rings. The SMILES string of the molecule is Cc1ccc([C@H](CN2CCOCC2)NS(=O)(=O)c2ccc(C)c(C)c2)cc1. The van der Waals surface area contributed by atoms with Gasteiger partial charge in [-0.05, 0) is 49.6 Å². The van der Waals surface area contributed by atoms with Gasteiger partial charge in [0, 0.05) is 19.6 Å². The highest BCUT2D eigenvalue weighted by Gasteiger charge is 2.24. The fourth-order valence-electron chi connectivity index (χ4n) is 3.19. The van der Waals surface area contributed by atoms with Crippen LogP contribution < -0.4 is 4.72 Å². The Labute approximate surface area is 162 Å². The Hall–Kier alpha value is -1.73. The molecule has 0 amide bonds. The number of sulfonamides is 1. The van der Waals surface area contributed by atoms with E-state index in [0.717, 1.165) is 35.3 Å². The van der Waals surface area contributed by atoms with Crippen molar-refractivity contribution in [3.05, 3.63) is 64.7 Å². The summed E-state index contributed by atoms with van der Waals surface area (Å²) in [5, 5.41) is 0. The van der Waals surface area contributed by atoms with Crippen LogP contribution in [-0.4, -0.2) is 46.2 Å². The van der Waals surface area contributed by atoms with E-state index >= 15 is 0 Å². The van der Waals surface area contributed by atoms with Crippen molar-refractivity contribution in [3.63, 3.8) is 0 Å². The molecule has 0 spiro atoms. The fourth-order valence-corrected chi connectivity index (χ4v) is 4.49. The monoisotopic (exact) mass is 388 g/mol. The third-order valence-electron chi connectivity index (χ3n) is 5.11. The Morgan fingerprint density at radius 3 is 2.30 bits per heavy atom. The zero-order chi connectivity index (χ0) is 19.4. The van der Waals surface area contributed by atoms with Crippen molar-refractivity contribution in [2.75, 3.05) is 32.8 Å². The van der Waals surface area contributed by atoms with Crippen LogP contribution in [-0.2, 0) is 14.8 Å². The van der Waals surface area contributed by atoms with E-state index in [0.29, 0.717) is 24.7 Å². The highest BCUT2D eigenvalue weighted by molar-refractivity contribution is 7.89. The minimum Gasteiger partial charge on any atom is -0.379 e. The minimum atomic E-state index is -3.62. The summed E-state index contributed by atoms with van der Waals surface area (Å²) >= 11 is 0. The molecule has 1 N–H and O–H groups in total. The first-order valence-electron chi connectivity index (χ1n) is 9.31. The van der Waals surface area contributed by atoms with Gasteiger partial charge in [-0.3, -0.25) is 4.90 Å². The molecule has 0 bridgehead atoms. The summed E-state index contributed by atoms with van der Waals surface area (Å²) in [7, 11) is -3.62. The van der Waals surface area contributed by atoms with E-state index in [2.05, 4.69) is 9.62 Å². The molecule has 1 atom stereocenters. The zero-order valence-electron chi connectivity index (χ0n) is 16.2. The number of nitrogens with zero attached hydrogens (tertiary/aromatic N) is 1. The average molecular weight is 389 g/mol. The summed E-state index contributed by atoms with van der Waals surface area (Å²) < 4.78 is 34.4. The van der Waals surface area contributed by atoms with Crippen LogP contribution in [0.1, 0.15) is 28.3 Å². The van der Waals surface area contributed by atoms with Gasteiger partial charge in [0.1, 0.15) is 0 Å². The lowest BCUT2D eigenvalue weighted by Gasteiger charge is -2.31. The third kappa shape index (κ3) is 5.17. The molecule has 2 aromatic carbocycles. The fraction of sp³-hybridized carbons (Fsp3) is 0.429. The van der Waals surface area contributed by atoms with Crippen molar-refractivity contribution in [3.8, 4) is 0 Å². The summed E-state index contributed by atoms with van der Waals surface area (Å²) in [6, 6.07) is 13.0. The van der Waals surface area contributed by atoms with Crippen LogP contribution in [0.3, 0.4) is 0 Å². The van der Waals surface area contributed by atoms with E-state index in [1.54, 1.807) is 12.1 Å². The number of hydrogen-bond acceptors (Lipinski definition) is 4. The Kier molecular flexibility index (Phi) is 6.32. The number of benzene rings is 2. The van der Waals surface area contributed by atoms with Gasteiger partial charge in [0.05, 0.1) is 24.2 Å². The predicted molar refractivity (Wildman–Crippen MR) is 107 cm³/mol. The molecule has 1 heterocycles. The molecule has 2 aromatic rings. The highest BCUT2D eigenvalue weighted by Crippen LogP contribution is 2.21. The number of hydrogen-bond donors (Lipinski definition) is 1. The summed E-state index contributed by atoms with van der Waals surface area (Å²) in [5.74, 6) is 0. The number of aryl methyl sites for hydroxylation is 3. The number of morpholine rings is 1. The molecular formula is C21H28N2O3S. The third-order valence-corrected chi connectivity index (χ3v) is 6.58. The Balaban J connectivity index is 1.86. The van der Waals surface area contributed by atoms with Crippen LogP contribution >= 0.6 is 0 Å². The van der Waals surface area contributed by atoms with E-state index in [1.165, 1.54) is 0 Å². The first-order chi connectivity index (χ1) is 12.8. The van der Waals surface area contributed by atoms with Crippen molar-refractivity contribution >= 4 is 10.0 Å². The van der Waals surface area contributed by atoms with E-state index in [4.69, 9.17) is 4.74 Å². The molecule has 0 radical (unpaired) electrons. The summed E-state index contributed by atoms with van der Waals surface area (Å²) in [6.45, 7) is 9.55. The van der Waals surface area contributed by atoms with E-state index in [9.17, 15) is 8.42 Å². The maximum absolute atomic E-state index is 13.0.